The molecule has 2 aliphatic heterocycles. The lowest BCUT2D eigenvalue weighted by Crippen LogP contribution is -2.48. The van der Waals surface area contributed by atoms with Crippen LogP contribution in [0, 0.1) is 5.82 Å². The predicted octanol–water partition coefficient (Wildman–Crippen LogP) is 7.93. The zero-order valence-corrected chi connectivity index (χ0v) is 28.0. The number of ether oxygens (including phenoxy) is 3. The number of nitrogens with zero attached hydrogens (tertiary/aromatic N) is 2. The van der Waals surface area contributed by atoms with E-state index in [1.165, 1.54) is 12.1 Å². The summed E-state index contributed by atoms with van der Waals surface area (Å²) in [6.07, 6.45) is -0.109. The number of amides is 1. The third-order valence-electron chi connectivity index (χ3n) is 7.97. The molecule has 1 atom stereocenters. The van der Waals surface area contributed by atoms with Crippen molar-refractivity contribution in [1.29, 1.82) is 0 Å². The molecule has 1 saturated heterocycles. The monoisotopic (exact) mass is 637 g/mol. The largest absolute Gasteiger partial charge is 0.444 e. The second-order valence-electron chi connectivity index (χ2n) is 13.9. The van der Waals surface area contributed by atoms with E-state index in [1.54, 1.807) is 23.1 Å². The van der Waals surface area contributed by atoms with Crippen molar-refractivity contribution in [2.75, 3.05) is 45.1 Å². The van der Waals surface area contributed by atoms with Crippen LogP contribution in [0.5, 0.6) is 0 Å². The fourth-order valence-electron chi connectivity index (χ4n) is 5.48. The minimum absolute atomic E-state index is 0.195. The van der Waals surface area contributed by atoms with Crippen LogP contribution in [0.3, 0.4) is 0 Å². The van der Waals surface area contributed by atoms with E-state index in [-0.39, 0.29) is 18.5 Å². The van der Waals surface area contributed by atoms with Crippen LogP contribution in [-0.2, 0) is 26.2 Å². The average molecular weight is 638 g/mol. The number of alkyl halides is 1. The summed E-state index contributed by atoms with van der Waals surface area (Å²) in [5.74, 6) is -0.331. The van der Waals surface area contributed by atoms with E-state index in [4.69, 9.17) is 25.8 Å². The Hall–Kier alpha value is -2.24. The van der Waals surface area contributed by atoms with Crippen LogP contribution < -0.4 is 5.43 Å². The van der Waals surface area contributed by atoms with Gasteiger partial charge in [-0.05, 0) is 75.0 Å². The standard InChI is InChI=1S/C32H46ClF2N3O4Si/c1-31(2,3)42-30(39)37-13-11-32(12-14-37,24-7-9-26(35)10-8-24)21-41-28(19-34)27-18-25(33)17-23-20-38(36-29(23)27)22-40-15-16-43(4,5)6/h7-10,17-18,28,36H,11-16,19-22H2,1-6H3. The van der Waals surface area contributed by atoms with Crippen molar-refractivity contribution < 1.29 is 27.8 Å². The first-order valence-electron chi connectivity index (χ1n) is 15.0. The highest BCUT2D eigenvalue weighted by Gasteiger charge is 2.40. The molecular weight excluding hydrogens is 592 g/mol. The number of carbonyl (C=O) groups is 1. The fraction of sp³-hybridized carbons (Fsp3) is 0.594. The number of hydrogen-bond acceptors (Lipinski definition) is 6. The number of hydrazine groups is 1. The molecule has 11 heteroatoms. The van der Waals surface area contributed by atoms with Gasteiger partial charge in [-0.15, -0.1) is 0 Å². The lowest BCUT2D eigenvalue weighted by molar-refractivity contribution is -0.0213. The Bertz CT molecular complexity index is 1240. The summed E-state index contributed by atoms with van der Waals surface area (Å²) in [4.78, 5) is 14.4. The number of piperidine rings is 1. The van der Waals surface area contributed by atoms with Crippen LogP contribution in [0.25, 0.3) is 0 Å². The summed E-state index contributed by atoms with van der Waals surface area (Å²) in [6, 6.07) is 11.1. The van der Waals surface area contributed by atoms with E-state index in [1.807, 2.05) is 31.8 Å². The fourth-order valence-corrected chi connectivity index (χ4v) is 6.48. The number of fused-ring (bicyclic) bond motifs is 1. The number of benzene rings is 2. The molecule has 2 aliphatic rings. The van der Waals surface area contributed by atoms with Crippen molar-refractivity contribution in [1.82, 2.24) is 9.91 Å². The number of rotatable bonds is 11. The summed E-state index contributed by atoms with van der Waals surface area (Å²) in [5, 5.41) is 2.47. The maximum atomic E-state index is 14.7. The highest BCUT2D eigenvalue weighted by Crippen LogP contribution is 2.41. The van der Waals surface area contributed by atoms with Gasteiger partial charge in [-0.25, -0.2) is 13.6 Å². The Kier molecular flexibility index (Phi) is 10.8. The normalized spacial score (nSPS) is 17.8. The van der Waals surface area contributed by atoms with Gasteiger partial charge >= 0.3 is 6.09 Å². The van der Waals surface area contributed by atoms with Crippen molar-refractivity contribution in [3.63, 3.8) is 0 Å². The van der Waals surface area contributed by atoms with E-state index in [2.05, 4.69) is 25.1 Å². The SMILES string of the molecule is CC(C)(C)OC(=O)N1CCC(COC(CF)c2cc(Cl)cc3c2NN(COCC[Si](C)(C)C)C3)(c2ccc(F)cc2)CC1. The average Bonchev–Trinajstić information content (AvgIpc) is 3.33. The molecule has 1 amide bonds. The maximum Gasteiger partial charge on any atom is 0.410 e. The molecule has 4 rings (SSSR count). The van der Waals surface area contributed by atoms with Gasteiger partial charge in [0.05, 0.1) is 12.3 Å². The van der Waals surface area contributed by atoms with Crippen molar-refractivity contribution in [3.8, 4) is 0 Å². The Morgan fingerprint density at radius 2 is 1.81 bits per heavy atom. The molecule has 1 N–H and O–H groups in total. The van der Waals surface area contributed by atoms with Gasteiger partial charge in [0, 0.05) is 50.3 Å². The highest BCUT2D eigenvalue weighted by atomic mass is 35.5. The van der Waals surface area contributed by atoms with Gasteiger partial charge in [0.2, 0.25) is 0 Å². The molecule has 2 aromatic rings. The van der Waals surface area contributed by atoms with E-state index in [0.717, 1.165) is 22.9 Å². The molecule has 0 radical (unpaired) electrons. The Balaban J connectivity index is 1.48. The molecule has 0 bridgehead atoms. The minimum Gasteiger partial charge on any atom is -0.444 e. The molecule has 1 fully saturated rings. The molecule has 0 aromatic heterocycles. The van der Waals surface area contributed by atoms with Gasteiger partial charge in [0.15, 0.2) is 0 Å². The summed E-state index contributed by atoms with van der Waals surface area (Å²) in [7, 11) is -1.19. The quantitative estimate of drug-likeness (QED) is 0.199. The molecule has 0 spiro atoms. The number of likely N-dealkylation sites (tertiary alicyclic amines) is 1. The highest BCUT2D eigenvalue weighted by molar-refractivity contribution is 6.76. The van der Waals surface area contributed by atoms with Gasteiger partial charge in [-0.2, -0.15) is 5.01 Å². The third kappa shape index (κ3) is 9.14. The van der Waals surface area contributed by atoms with Gasteiger partial charge in [-0.1, -0.05) is 43.4 Å². The summed E-state index contributed by atoms with van der Waals surface area (Å²) >= 11 is 6.50. The van der Waals surface area contributed by atoms with Crippen LogP contribution in [-0.4, -0.2) is 69.4 Å². The molecule has 43 heavy (non-hydrogen) atoms. The smallest absolute Gasteiger partial charge is 0.410 e. The van der Waals surface area contributed by atoms with Crippen LogP contribution >= 0.6 is 11.6 Å². The zero-order valence-electron chi connectivity index (χ0n) is 26.3. The Labute approximate surface area is 260 Å². The van der Waals surface area contributed by atoms with Crippen LogP contribution in [0.1, 0.15) is 56.4 Å². The number of nitrogens with one attached hydrogen (secondary N) is 1. The molecule has 1 unspecified atom stereocenters. The van der Waals surface area contributed by atoms with Crippen LogP contribution in [0.4, 0.5) is 19.3 Å². The van der Waals surface area contributed by atoms with Gasteiger partial charge in [0.25, 0.3) is 0 Å². The molecule has 0 saturated carbocycles. The van der Waals surface area contributed by atoms with Crippen LogP contribution in [0.2, 0.25) is 30.7 Å². The van der Waals surface area contributed by atoms with E-state index in [9.17, 15) is 13.6 Å². The van der Waals surface area contributed by atoms with Crippen molar-refractivity contribution in [3.05, 3.63) is 63.9 Å². The van der Waals surface area contributed by atoms with E-state index >= 15 is 0 Å². The minimum atomic E-state index is -1.19. The summed E-state index contributed by atoms with van der Waals surface area (Å²) < 4.78 is 46.5. The maximum absolute atomic E-state index is 14.7. The second-order valence-corrected chi connectivity index (χ2v) is 20.0. The topological polar surface area (TPSA) is 63.3 Å². The van der Waals surface area contributed by atoms with Crippen LogP contribution in [0.15, 0.2) is 36.4 Å². The number of halogens is 3. The molecule has 2 aromatic carbocycles. The van der Waals surface area contributed by atoms with E-state index in [0.29, 0.717) is 56.4 Å². The second kappa shape index (κ2) is 13.8. The Morgan fingerprint density at radius 1 is 1.14 bits per heavy atom. The predicted molar refractivity (Wildman–Crippen MR) is 169 cm³/mol. The number of hydrogen-bond donors (Lipinski definition) is 1. The molecule has 0 aliphatic carbocycles. The van der Waals surface area contributed by atoms with Gasteiger partial charge < -0.3 is 24.5 Å². The van der Waals surface area contributed by atoms with Crippen molar-refractivity contribution in [2.45, 2.75) is 83.0 Å². The lowest BCUT2D eigenvalue weighted by Gasteiger charge is -2.42. The van der Waals surface area contributed by atoms with Crippen molar-refractivity contribution >= 4 is 31.5 Å². The van der Waals surface area contributed by atoms with E-state index < -0.39 is 31.9 Å². The molecular formula is C32H46ClF2N3O4Si. The first-order valence-corrected chi connectivity index (χ1v) is 19.1. The molecule has 2 heterocycles. The number of carbonyl (C=O) groups excluding carboxylic acids is 1. The summed E-state index contributed by atoms with van der Waals surface area (Å²) in [5.41, 5.74) is 5.53. The lowest BCUT2D eigenvalue weighted by atomic mass is 9.73. The van der Waals surface area contributed by atoms with Gasteiger partial charge in [0.1, 0.15) is 30.9 Å². The number of anilines is 1. The summed E-state index contributed by atoms with van der Waals surface area (Å²) in [6.45, 7) is 14.5. The first-order chi connectivity index (χ1) is 20.2. The Morgan fingerprint density at radius 3 is 2.42 bits per heavy atom. The first kappa shape index (κ1) is 33.6. The molecule has 7 nitrogen and oxygen atoms in total. The molecule has 238 valence electrons. The zero-order chi connectivity index (χ0) is 31.4. The third-order valence-corrected chi connectivity index (χ3v) is 9.89. The van der Waals surface area contributed by atoms with Crippen molar-refractivity contribution in [2.24, 2.45) is 0 Å². The van der Waals surface area contributed by atoms with Gasteiger partial charge in [-0.3, -0.25) is 0 Å².